The molecule has 0 atom stereocenters. The van der Waals surface area contributed by atoms with Crippen molar-refractivity contribution in [2.24, 2.45) is 0 Å². The van der Waals surface area contributed by atoms with Gasteiger partial charge in [-0.15, -0.1) is 0 Å². The normalized spacial score (nSPS) is 20.4. The molecule has 2 fully saturated rings. The molecular formula is C18H23N3O3. The van der Waals surface area contributed by atoms with Crippen molar-refractivity contribution < 1.29 is 14.4 Å². The molecule has 6 nitrogen and oxygen atoms in total. The zero-order valence-corrected chi connectivity index (χ0v) is 13.8. The quantitative estimate of drug-likeness (QED) is 0.628. The smallest absolute Gasteiger partial charge is 0.285 e. The van der Waals surface area contributed by atoms with Crippen molar-refractivity contribution in [3.63, 3.8) is 0 Å². The van der Waals surface area contributed by atoms with Crippen molar-refractivity contribution in [3.05, 3.63) is 35.9 Å². The number of hydrogen-bond donors (Lipinski definition) is 0. The van der Waals surface area contributed by atoms with Gasteiger partial charge in [0.05, 0.1) is 13.2 Å². The first-order valence-electron chi connectivity index (χ1n) is 8.60. The maximum atomic E-state index is 12.5. The summed E-state index contributed by atoms with van der Waals surface area (Å²) in [4.78, 5) is 41.2. The van der Waals surface area contributed by atoms with E-state index in [1.807, 2.05) is 30.3 Å². The first kappa shape index (κ1) is 16.6. The van der Waals surface area contributed by atoms with E-state index < -0.39 is 17.8 Å². The van der Waals surface area contributed by atoms with Crippen molar-refractivity contribution >= 4 is 17.8 Å². The fourth-order valence-electron chi connectivity index (χ4n) is 3.23. The van der Waals surface area contributed by atoms with E-state index in [1.165, 1.54) is 19.3 Å². The van der Waals surface area contributed by atoms with Crippen molar-refractivity contribution in [2.45, 2.75) is 38.6 Å². The molecule has 0 aliphatic carbocycles. The summed E-state index contributed by atoms with van der Waals surface area (Å²) < 4.78 is 0. The minimum Gasteiger partial charge on any atom is -0.285 e. The third-order valence-corrected chi connectivity index (χ3v) is 4.61. The van der Waals surface area contributed by atoms with Crippen LogP contribution in [0, 0.1) is 0 Å². The van der Waals surface area contributed by atoms with Crippen molar-refractivity contribution in [1.82, 2.24) is 14.7 Å². The summed E-state index contributed by atoms with van der Waals surface area (Å²) in [5.74, 6) is -1.44. The first-order chi connectivity index (χ1) is 11.7. The van der Waals surface area contributed by atoms with Crippen LogP contribution in [0.3, 0.4) is 0 Å². The summed E-state index contributed by atoms with van der Waals surface area (Å²) >= 11 is 0. The fourth-order valence-corrected chi connectivity index (χ4v) is 3.23. The predicted octanol–water partition coefficient (Wildman–Crippen LogP) is 2.20. The second kappa shape index (κ2) is 7.57. The first-order valence-corrected chi connectivity index (χ1v) is 8.60. The molecule has 1 aromatic rings. The third kappa shape index (κ3) is 3.64. The van der Waals surface area contributed by atoms with Crippen LogP contribution in [0.2, 0.25) is 0 Å². The van der Waals surface area contributed by atoms with Gasteiger partial charge in [0.25, 0.3) is 0 Å². The van der Waals surface area contributed by atoms with Crippen molar-refractivity contribution in [3.8, 4) is 0 Å². The summed E-state index contributed by atoms with van der Waals surface area (Å²) in [5.41, 5.74) is 0.833. The molecular weight excluding hydrogens is 306 g/mol. The highest BCUT2D eigenvalue weighted by atomic mass is 16.2. The number of hydrogen-bond acceptors (Lipinski definition) is 4. The number of carbonyl (C=O) groups is 3. The van der Waals surface area contributed by atoms with Crippen LogP contribution in [0.5, 0.6) is 0 Å². The largest absolute Gasteiger partial charge is 0.335 e. The average molecular weight is 329 g/mol. The van der Waals surface area contributed by atoms with E-state index in [0.29, 0.717) is 0 Å². The van der Waals surface area contributed by atoms with E-state index in [1.54, 1.807) is 0 Å². The van der Waals surface area contributed by atoms with Gasteiger partial charge < -0.3 is 0 Å². The Bertz CT molecular complexity index is 609. The molecule has 0 spiro atoms. The fraction of sp³-hybridized carbons (Fsp3) is 0.500. The molecule has 2 saturated heterocycles. The topological polar surface area (TPSA) is 60.9 Å². The lowest BCUT2D eigenvalue weighted by Crippen LogP contribution is -2.43. The van der Waals surface area contributed by atoms with Crippen LogP contribution in [0.15, 0.2) is 30.3 Å². The van der Waals surface area contributed by atoms with Crippen LogP contribution in [0.1, 0.15) is 37.7 Å². The molecule has 2 heterocycles. The molecule has 6 heteroatoms. The molecule has 0 radical (unpaired) electrons. The molecule has 0 saturated carbocycles. The van der Waals surface area contributed by atoms with Crippen molar-refractivity contribution in [1.29, 1.82) is 0 Å². The Morgan fingerprint density at radius 2 is 1.33 bits per heavy atom. The zero-order chi connectivity index (χ0) is 16.9. The Morgan fingerprint density at radius 1 is 0.750 bits per heavy atom. The molecule has 0 bridgehead atoms. The lowest BCUT2D eigenvalue weighted by atomic mass is 10.1. The molecule has 4 amide bonds. The standard InChI is InChI=1S/C18H23N3O3/c22-16-17(23)21(14-19-11-7-2-1-3-8-12-19)18(24)20(16)13-15-9-5-4-6-10-15/h4-6,9-10H,1-3,7-8,11-14H2. The summed E-state index contributed by atoms with van der Waals surface area (Å²) in [7, 11) is 0. The Balaban J connectivity index is 1.67. The number of likely N-dealkylation sites (tertiary alicyclic amines) is 1. The molecule has 24 heavy (non-hydrogen) atoms. The van der Waals surface area contributed by atoms with Gasteiger partial charge in [0.2, 0.25) is 0 Å². The SMILES string of the molecule is O=C1C(=O)N(CN2CCCCCCC2)C(=O)N1Cc1ccccc1. The number of amides is 4. The van der Waals surface area contributed by atoms with E-state index in [4.69, 9.17) is 0 Å². The van der Waals surface area contributed by atoms with E-state index in [0.717, 1.165) is 41.3 Å². The van der Waals surface area contributed by atoms with Crippen LogP contribution in [-0.2, 0) is 16.1 Å². The number of urea groups is 1. The number of imide groups is 2. The van der Waals surface area contributed by atoms with Gasteiger partial charge >= 0.3 is 17.8 Å². The highest BCUT2D eigenvalue weighted by molar-refractivity contribution is 6.44. The second-order valence-corrected chi connectivity index (χ2v) is 6.42. The monoisotopic (exact) mass is 329 g/mol. The molecule has 128 valence electrons. The van der Waals surface area contributed by atoms with Gasteiger partial charge in [0, 0.05) is 0 Å². The van der Waals surface area contributed by atoms with Gasteiger partial charge in [0.1, 0.15) is 0 Å². The molecule has 1 aromatic carbocycles. The van der Waals surface area contributed by atoms with Crippen LogP contribution in [-0.4, -0.2) is 52.3 Å². The Kier molecular flexibility index (Phi) is 5.25. The molecule has 0 N–H and O–H groups in total. The highest BCUT2D eigenvalue weighted by Gasteiger charge is 2.44. The van der Waals surface area contributed by atoms with Gasteiger partial charge in [-0.05, 0) is 31.5 Å². The second-order valence-electron chi connectivity index (χ2n) is 6.42. The minimum absolute atomic E-state index is 0.140. The van der Waals surface area contributed by atoms with Crippen LogP contribution < -0.4 is 0 Å². The van der Waals surface area contributed by atoms with E-state index in [2.05, 4.69) is 4.90 Å². The average Bonchev–Trinajstić information content (AvgIpc) is 2.76. The molecule has 2 aliphatic heterocycles. The highest BCUT2D eigenvalue weighted by Crippen LogP contribution is 2.18. The van der Waals surface area contributed by atoms with Gasteiger partial charge in [0.15, 0.2) is 0 Å². The Labute approximate surface area is 142 Å². The van der Waals surface area contributed by atoms with Gasteiger partial charge in [-0.25, -0.2) is 9.69 Å². The third-order valence-electron chi connectivity index (χ3n) is 4.61. The Hall–Kier alpha value is -2.21. The summed E-state index contributed by atoms with van der Waals surface area (Å²) in [6, 6.07) is 8.74. The maximum Gasteiger partial charge on any atom is 0.335 e. The molecule has 0 unspecified atom stereocenters. The van der Waals surface area contributed by atoms with Gasteiger partial charge in [-0.1, -0.05) is 49.6 Å². The van der Waals surface area contributed by atoms with Crippen molar-refractivity contribution in [2.75, 3.05) is 19.8 Å². The minimum atomic E-state index is -0.726. The summed E-state index contributed by atoms with van der Waals surface area (Å²) in [6.07, 6.45) is 5.74. The number of nitrogens with zero attached hydrogens (tertiary/aromatic N) is 3. The summed E-state index contributed by atoms with van der Waals surface area (Å²) in [5, 5.41) is 0. The summed E-state index contributed by atoms with van der Waals surface area (Å²) in [6.45, 7) is 2.09. The number of benzene rings is 1. The molecule has 3 rings (SSSR count). The lowest BCUT2D eigenvalue weighted by Gasteiger charge is -2.27. The molecule has 0 aromatic heterocycles. The predicted molar refractivity (Wildman–Crippen MR) is 88.8 cm³/mol. The van der Waals surface area contributed by atoms with Crippen LogP contribution in [0.25, 0.3) is 0 Å². The maximum absolute atomic E-state index is 12.5. The van der Waals surface area contributed by atoms with E-state index >= 15 is 0 Å². The Morgan fingerprint density at radius 3 is 2.00 bits per heavy atom. The van der Waals surface area contributed by atoms with Gasteiger partial charge in [-0.3, -0.25) is 19.4 Å². The van der Waals surface area contributed by atoms with Gasteiger partial charge in [-0.2, -0.15) is 0 Å². The lowest BCUT2D eigenvalue weighted by molar-refractivity contribution is -0.144. The van der Waals surface area contributed by atoms with Crippen LogP contribution >= 0.6 is 0 Å². The zero-order valence-electron chi connectivity index (χ0n) is 13.8. The number of rotatable bonds is 4. The van der Waals surface area contributed by atoms with Crippen LogP contribution in [0.4, 0.5) is 4.79 Å². The number of carbonyl (C=O) groups excluding carboxylic acids is 3. The van der Waals surface area contributed by atoms with E-state index in [-0.39, 0.29) is 13.2 Å². The van der Waals surface area contributed by atoms with E-state index in [9.17, 15) is 14.4 Å². The molecule has 2 aliphatic rings.